The zero-order valence-corrected chi connectivity index (χ0v) is 16.5. The number of ether oxygens (including phenoxy) is 1. The van der Waals surface area contributed by atoms with Crippen molar-refractivity contribution in [2.75, 3.05) is 51.2 Å². The maximum absolute atomic E-state index is 12.3. The van der Waals surface area contributed by atoms with Crippen LogP contribution in [0.2, 0.25) is 5.02 Å². The number of amides is 1. The molecule has 0 unspecified atom stereocenters. The summed E-state index contributed by atoms with van der Waals surface area (Å²) in [5, 5.41) is 3.48. The molecule has 1 saturated heterocycles. The van der Waals surface area contributed by atoms with E-state index >= 15 is 0 Å². The van der Waals surface area contributed by atoms with E-state index in [0.717, 1.165) is 45.1 Å². The van der Waals surface area contributed by atoms with Crippen LogP contribution >= 0.6 is 11.6 Å². The van der Waals surface area contributed by atoms with E-state index < -0.39 is 0 Å². The number of carbonyl (C=O) groups is 1. The van der Waals surface area contributed by atoms with Crippen molar-refractivity contribution in [3.8, 4) is 5.75 Å². The van der Waals surface area contributed by atoms with Gasteiger partial charge in [0, 0.05) is 0 Å². The first-order chi connectivity index (χ1) is 13.1. The molecule has 27 heavy (non-hydrogen) atoms. The minimum Gasteiger partial charge on any atom is -0.487 e. The molecule has 0 atom stereocenters. The van der Waals surface area contributed by atoms with Crippen LogP contribution in [0.15, 0.2) is 48.5 Å². The van der Waals surface area contributed by atoms with Crippen LogP contribution in [0.4, 0.5) is 5.69 Å². The second-order valence-corrected chi connectivity index (χ2v) is 7.48. The molecule has 3 rings (SSSR count). The number of rotatable bonds is 7. The molecule has 1 aliphatic rings. The lowest BCUT2D eigenvalue weighted by Crippen LogP contribution is -3.28. The summed E-state index contributed by atoms with van der Waals surface area (Å²) >= 11 is 6.10. The van der Waals surface area contributed by atoms with Crippen LogP contribution in [0.25, 0.3) is 0 Å². The molecule has 6 heteroatoms. The van der Waals surface area contributed by atoms with Gasteiger partial charge in [0.2, 0.25) is 0 Å². The molecule has 144 valence electrons. The number of piperazine rings is 1. The van der Waals surface area contributed by atoms with Crippen LogP contribution in [0.3, 0.4) is 0 Å². The summed E-state index contributed by atoms with van der Waals surface area (Å²) in [6.45, 7) is 8.38. The van der Waals surface area contributed by atoms with Crippen LogP contribution < -0.4 is 19.9 Å². The van der Waals surface area contributed by atoms with Crippen molar-refractivity contribution < 1.29 is 19.3 Å². The monoisotopic (exact) mass is 389 g/mol. The van der Waals surface area contributed by atoms with Crippen molar-refractivity contribution in [3.63, 3.8) is 0 Å². The summed E-state index contributed by atoms with van der Waals surface area (Å²) in [4.78, 5) is 15.1. The van der Waals surface area contributed by atoms with Crippen LogP contribution in [0.5, 0.6) is 5.75 Å². The first-order valence-electron chi connectivity index (χ1n) is 9.52. The minimum absolute atomic E-state index is 0.0180. The number of aryl methyl sites for hydroxylation is 1. The van der Waals surface area contributed by atoms with Crippen molar-refractivity contribution >= 4 is 23.2 Å². The Balaban J connectivity index is 1.36. The van der Waals surface area contributed by atoms with Crippen molar-refractivity contribution in [2.45, 2.75) is 6.92 Å². The summed E-state index contributed by atoms with van der Waals surface area (Å²) in [6, 6.07) is 15.4. The van der Waals surface area contributed by atoms with E-state index in [1.54, 1.807) is 11.0 Å². The van der Waals surface area contributed by atoms with Crippen molar-refractivity contribution in [2.24, 2.45) is 0 Å². The molecule has 1 amide bonds. The lowest BCUT2D eigenvalue weighted by Gasteiger charge is -2.29. The Morgan fingerprint density at radius 3 is 2.44 bits per heavy atom. The van der Waals surface area contributed by atoms with Crippen molar-refractivity contribution in [1.82, 2.24) is 0 Å². The highest BCUT2D eigenvalue weighted by Crippen LogP contribution is 2.19. The molecule has 1 heterocycles. The molecule has 0 spiro atoms. The van der Waals surface area contributed by atoms with E-state index in [1.807, 2.05) is 36.4 Å². The van der Waals surface area contributed by atoms with Gasteiger partial charge >= 0.3 is 0 Å². The second-order valence-electron chi connectivity index (χ2n) is 7.07. The molecule has 2 aromatic rings. The molecule has 0 radical (unpaired) electrons. The Morgan fingerprint density at radius 2 is 1.70 bits per heavy atom. The van der Waals surface area contributed by atoms with Crippen LogP contribution in [-0.4, -0.2) is 51.8 Å². The summed E-state index contributed by atoms with van der Waals surface area (Å²) in [5.74, 6) is 0.988. The van der Waals surface area contributed by atoms with Gasteiger partial charge in [-0.25, -0.2) is 0 Å². The molecule has 5 nitrogen and oxygen atoms in total. The Hall–Kier alpha value is -2.08. The first kappa shape index (κ1) is 19.7. The number of benzene rings is 2. The van der Waals surface area contributed by atoms with E-state index in [2.05, 4.69) is 18.3 Å². The van der Waals surface area contributed by atoms with E-state index in [-0.39, 0.29) is 5.91 Å². The predicted molar refractivity (Wildman–Crippen MR) is 108 cm³/mol. The average molecular weight is 390 g/mol. The number of hydrogen-bond donors (Lipinski definition) is 3. The van der Waals surface area contributed by atoms with Crippen LogP contribution in [0, 0.1) is 6.92 Å². The highest BCUT2D eigenvalue weighted by Gasteiger charge is 2.24. The zero-order chi connectivity index (χ0) is 19.1. The zero-order valence-electron chi connectivity index (χ0n) is 15.8. The third kappa shape index (κ3) is 5.96. The molecular formula is C21H28ClN3O2+2. The highest BCUT2D eigenvalue weighted by molar-refractivity contribution is 6.33. The normalized spacial score (nSPS) is 19.5. The maximum atomic E-state index is 12.3. The van der Waals surface area contributed by atoms with Crippen LogP contribution in [0.1, 0.15) is 5.56 Å². The number of halogens is 1. The fraction of sp³-hybridized carbons (Fsp3) is 0.381. The Kier molecular flexibility index (Phi) is 7.10. The van der Waals surface area contributed by atoms with E-state index in [4.69, 9.17) is 16.3 Å². The maximum Gasteiger partial charge on any atom is 0.279 e. The SMILES string of the molecule is Cc1ccccc1OCC[NH+]1CC[NH+](CC(=O)Nc2ccccc2Cl)CC1. The van der Waals surface area contributed by atoms with Crippen molar-refractivity contribution in [3.05, 3.63) is 59.1 Å². The Bertz CT molecular complexity index is 761. The van der Waals surface area contributed by atoms with Gasteiger partial charge in [0.15, 0.2) is 6.54 Å². The van der Waals surface area contributed by atoms with Gasteiger partial charge in [0.05, 0.1) is 10.7 Å². The smallest absolute Gasteiger partial charge is 0.279 e. The third-order valence-electron chi connectivity index (χ3n) is 5.03. The number of para-hydroxylation sites is 2. The number of nitrogens with one attached hydrogen (secondary N) is 3. The topological polar surface area (TPSA) is 47.2 Å². The standard InChI is InChI=1S/C21H26ClN3O2/c1-17-6-2-5-9-20(17)27-15-14-24-10-12-25(13-11-24)16-21(26)23-19-8-4-3-7-18(19)22/h2-9H,10-16H2,1H3,(H,23,26)/p+2. The number of hydrogen-bond acceptors (Lipinski definition) is 2. The Morgan fingerprint density at radius 1 is 1.04 bits per heavy atom. The molecule has 0 aromatic heterocycles. The quantitative estimate of drug-likeness (QED) is 0.644. The predicted octanol–water partition coefficient (Wildman–Crippen LogP) is 0.449. The second kappa shape index (κ2) is 9.74. The van der Waals surface area contributed by atoms with Gasteiger partial charge in [-0.1, -0.05) is 41.9 Å². The van der Waals surface area contributed by atoms with Gasteiger partial charge in [0.25, 0.3) is 5.91 Å². The van der Waals surface area contributed by atoms with Gasteiger partial charge in [-0.3, -0.25) is 4.79 Å². The largest absolute Gasteiger partial charge is 0.487 e. The summed E-state index contributed by atoms with van der Waals surface area (Å²) < 4.78 is 5.90. The fourth-order valence-electron chi connectivity index (χ4n) is 3.39. The van der Waals surface area contributed by atoms with Gasteiger partial charge in [-0.2, -0.15) is 0 Å². The number of carbonyl (C=O) groups excluding carboxylic acids is 1. The third-order valence-corrected chi connectivity index (χ3v) is 5.36. The summed E-state index contributed by atoms with van der Waals surface area (Å²) in [7, 11) is 0. The fourth-order valence-corrected chi connectivity index (χ4v) is 3.57. The highest BCUT2D eigenvalue weighted by atomic mass is 35.5. The number of anilines is 1. The lowest BCUT2D eigenvalue weighted by atomic mass is 10.2. The van der Waals surface area contributed by atoms with Gasteiger partial charge in [-0.05, 0) is 30.7 Å². The molecule has 2 aromatic carbocycles. The summed E-state index contributed by atoms with van der Waals surface area (Å²) in [6.07, 6.45) is 0. The Labute approximate surface area is 165 Å². The summed E-state index contributed by atoms with van der Waals surface area (Å²) in [5.41, 5.74) is 1.85. The van der Waals surface area contributed by atoms with Crippen molar-refractivity contribution in [1.29, 1.82) is 0 Å². The van der Waals surface area contributed by atoms with Gasteiger partial charge in [0.1, 0.15) is 45.1 Å². The molecule has 0 aliphatic carbocycles. The molecule has 0 bridgehead atoms. The average Bonchev–Trinajstić information content (AvgIpc) is 2.66. The van der Waals surface area contributed by atoms with E-state index in [0.29, 0.717) is 17.3 Å². The van der Waals surface area contributed by atoms with Crippen LogP contribution in [-0.2, 0) is 4.79 Å². The number of quaternary nitrogens is 2. The lowest BCUT2D eigenvalue weighted by molar-refractivity contribution is -1.01. The van der Waals surface area contributed by atoms with Gasteiger partial charge in [-0.15, -0.1) is 0 Å². The molecule has 1 aliphatic heterocycles. The first-order valence-corrected chi connectivity index (χ1v) is 9.89. The van der Waals surface area contributed by atoms with Gasteiger partial charge < -0.3 is 19.9 Å². The van der Waals surface area contributed by atoms with E-state index in [1.165, 1.54) is 10.5 Å². The molecule has 1 fully saturated rings. The molecular weight excluding hydrogens is 362 g/mol. The minimum atomic E-state index is 0.0180. The molecule has 0 saturated carbocycles. The molecule has 3 N–H and O–H groups in total. The van der Waals surface area contributed by atoms with E-state index in [9.17, 15) is 4.79 Å².